The van der Waals surface area contributed by atoms with Crippen molar-refractivity contribution in [1.82, 2.24) is 0 Å². The van der Waals surface area contributed by atoms with Crippen molar-refractivity contribution >= 4 is 15.9 Å². The van der Waals surface area contributed by atoms with Crippen LogP contribution in [0.15, 0.2) is 12.2 Å². The van der Waals surface area contributed by atoms with Gasteiger partial charge in [0, 0.05) is 5.33 Å². The van der Waals surface area contributed by atoms with Crippen LogP contribution in [0.25, 0.3) is 0 Å². The molecule has 2 heteroatoms. The highest BCUT2D eigenvalue weighted by Gasteiger charge is 2.57. The number of fused-ring (bicyclic) bond motifs is 5. The van der Waals surface area contributed by atoms with E-state index in [0.29, 0.717) is 5.41 Å². The highest BCUT2D eigenvalue weighted by molar-refractivity contribution is 9.09. The van der Waals surface area contributed by atoms with E-state index in [1.165, 1.54) is 50.5 Å². The molecule has 0 bridgehead atoms. The number of rotatable bonds is 2. The molecule has 8 atom stereocenters. The number of hydrogen-bond donors (Lipinski definition) is 1. The molecule has 4 saturated carbocycles. The fourth-order valence-electron chi connectivity index (χ4n) is 7.85. The third-order valence-corrected chi connectivity index (χ3v) is 9.62. The third kappa shape index (κ3) is 2.66. The molecule has 0 heterocycles. The number of hydrogen-bond acceptors (Lipinski definition) is 1. The molecule has 0 aliphatic heterocycles. The molecule has 1 N–H and O–H groups in total. The van der Waals surface area contributed by atoms with Crippen LogP contribution >= 0.6 is 15.9 Å². The Bertz CT molecular complexity index is 512. The first-order valence-electron chi connectivity index (χ1n) is 10.3. The zero-order valence-electron chi connectivity index (χ0n) is 15.6. The summed E-state index contributed by atoms with van der Waals surface area (Å²) >= 11 is 3.67. The van der Waals surface area contributed by atoms with Crippen LogP contribution in [0.2, 0.25) is 0 Å². The van der Waals surface area contributed by atoms with Gasteiger partial charge in [-0.25, -0.2) is 0 Å². The van der Waals surface area contributed by atoms with Crippen molar-refractivity contribution < 1.29 is 5.11 Å². The van der Waals surface area contributed by atoms with E-state index in [1.807, 2.05) is 0 Å². The van der Waals surface area contributed by atoms with Gasteiger partial charge in [-0.1, -0.05) is 35.0 Å². The minimum absolute atomic E-state index is 0.386. The Balaban J connectivity index is 1.54. The maximum Gasteiger partial charge on any atom is 0.0622 e. The molecule has 4 aliphatic carbocycles. The first-order chi connectivity index (χ1) is 11.4. The zero-order chi connectivity index (χ0) is 17.1. The van der Waals surface area contributed by atoms with Crippen molar-refractivity contribution in [3.63, 3.8) is 0 Å². The minimum atomic E-state index is -0.386. The van der Waals surface area contributed by atoms with Gasteiger partial charge >= 0.3 is 0 Å². The largest absolute Gasteiger partial charge is 0.390 e. The van der Waals surface area contributed by atoms with Crippen LogP contribution in [0.1, 0.15) is 71.6 Å². The average molecular weight is 395 g/mol. The summed E-state index contributed by atoms with van der Waals surface area (Å²) in [6, 6.07) is 0. The highest BCUT2D eigenvalue weighted by Crippen LogP contribution is 2.65. The Kier molecular flexibility index (Phi) is 4.48. The van der Waals surface area contributed by atoms with E-state index in [0.717, 1.165) is 53.7 Å². The van der Waals surface area contributed by atoms with E-state index in [1.54, 1.807) is 0 Å². The lowest BCUT2D eigenvalue weighted by Crippen LogP contribution is -2.50. The molecular formula is C22H35BrO. The molecule has 0 aromatic carbocycles. The summed E-state index contributed by atoms with van der Waals surface area (Å²) < 4.78 is 0. The lowest BCUT2D eigenvalue weighted by atomic mass is 9.49. The highest BCUT2D eigenvalue weighted by atomic mass is 79.9. The fraction of sp³-hybridized carbons (Fsp3) is 0.909. The number of aliphatic hydroxyl groups is 1. The molecule has 4 aliphatic rings. The average Bonchev–Trinajstić information content (AvgIpc) is 2.90. The minimum Gasteiger partial charge on any atom is -0.390 e. The topological polar surface area (TPSA) is 20.2 Å². The SMILES string of the molecule is C=C(CBr)[C@H]1CC[C@H]2[C@@H]3CC[C@H]4C[C@](C)(O)CC[C@@H]4[C@H]3CC[C@]12C. The molecule has 0 unspecified atom stereocenters. The van der Waals surface area contributed by atoms with E-state index in [-0.39, 0.29) is 5.60 Å². The van der Waals surface area contributed by atoms with Crippen molar-refractivity contribution in [2.75, 3.05) is 5.33 Å². The first-order valence-corrected chi connectivity index (χ1v) is 11.4. The van der Waals surface area contributed by atoms with Crippen molar-refractivity contribution in [3.05, 3.63) is 12.2 Å². The van der Waals surface area contributed by atoms with Crippen molar-refractivity contribution in [2.24, 2.45) is 40.9 Å². The molecular weight excluding hydrogens is 360 g/mol. The third-order valence-electron chi connectivity index (χ3n) is 8.90. The quantitative estimate of drug-likeness (QED) is 0.452. The molecule has 0 aromatic heterocycles. The van der Waals surface area contributed by atoms with Gasteiger partial charge in [-0.3, -0.25) is 0 Å². The van der Waals surface area contributed by atoms with Gasteiger partial charge in [0.2, 0.25) is 0 Å². The summed E-state index contributed by atoms with van der Waals surface area (Å²) in [4.78, 5) is 0. The van der Waals surface area contributed by atoms with Crippen LogP contribution in [0.4, 0.5) is 0 Å². The van der Waals surface area contributed by atoms with E-state index >= 15 is 0 Å². The molecule has 4 fully saturated rings. The zero-order valence-corrected chi connectivity index (χ0v) is 17.2. The Labute approximate surface area is 156 Å². The first kappa shape index (κ1) is 17.6. The van der Waals surface area contributed by atoms with Crippen LogP contribution in [0.5, 0.6) is 0 Å². The molecule has 24 heavy (non-hydrogen) atoms. The van der Waals surface area contributed by atoms with E-state index in [4.69, 9.17) is 0 Å². The molecule has 0 amide bonds. The second-order valence-corrected chi connectivity index (χ2v) is 10.7. The molecule has 1 nitrogen and oxygen atoms in total. The van der Waals surface area contributed by atoms with Gasteiger partial charge < -0.3 is 5.11 Å². The summed E-state index contributed by atoms with van der Waals surface area (Å²) in [6.07, 6.45) is 11.8. The summed E-state index contributed by atoms with van der Waals surface area (Å²) in [5, 5.41) is 11.5. The molecule has 0 saturated heterocycles. The van der Waals surface area contributed by atoms with Crippen molar-refractivity contribution in [2.45, 2.75) is 77.2 Å². The fourth-order valence-corrected chi connectivity index (χ4v) is 8.24. The summed E-state index contributed by atoms with van der Waals surface area (Å²) in [7, 11) is 0. The Morgan fingerprint density at radius 1 is 1.00 bits per heavy atom. The maximum atomic E-state index is 10.5. The van der Waals surface area contributed by atoms with Gasteiger partial charge in [0.05, 0.1) is 5.60 Å². The monoisotopic (exact) mass is 394 g/mol. The standard InChI is InChI=1S/C22H35BrO/c1-14(13-23)19-6-7-20-18-5-4-15-12-21(2,24)10-8-16(15)17(18)9-11-22(19,20)3/h15-20,24H,1,4-13H2,2-3H3/t15-,16-,17+,18+,19+,20-,21+,22+/m0/s1. The van der Waals surface area contributed by atoms with Crippen molar-refractivity contribution in [3.8, 4) is 0 Å². The van der Waals surface area contributed by atoms with E-state index < -0.39 is 0 Å². The van der Waals surface area contributed by atoms with Crippen molar-refractivity contribution in [1.29, 1.82) is 0 Å². The van der Waals surface area contributed by atoms with Gasteiger partial charge in [0.25, 0.3) is 0 Å². The smallest absolute Gasteiger partial charge is 0.0622 e. The second-order valence-electron chi connectivity index (χ2n) is 10.1. The second kappa shape index (κ2) is 6.12. The summed E-state index contributed by atoms with van der Waals surface area (Å²) in [5.74, 6) is 5.30. The molecule has 0 spiro atoms. The lowest BCUT2D eigenvalue weighted by molar-refractivity contribution is -0.0977. The number of allylic oxidation sites excluding steroid dienone is 1. The number of alkyl halides is 1. The van der Waals surface area contributed by atoms with Crippen LogP contribution < -0.4 is 0 Å². The van der Waals surface area contributed by atoms with Gasteiger partial charge in [-0.2, -0.15) is 0 Å². The number of halogens is 1. The maximum absolute atomic E-state index is 10.5. The Morgan fingerprint density at radius 2 is 1.75 bits per heavy atom. The summed E-state index contributed by atoms with van der Waals surface area (Å²) in [6.45, 7) is 9.07. The molecule has 0 aromatic rings. The summed E-state index contributed by atoms with van der Waals surface area (Å²) in [5.41, 5.74) is 1.57. The lowest BCUT2D eigenvalue weighted by Gasteiger charge is -2.57. The molecule has 4 rings (SSSR count). The van der Waals surface area contributed by atoms with E-state index in [9.17, 15) is 5.11 Å². The van der Waals surface area contributed by atoms with Gasteiger partial charge in [0.15, 0.2) is 0 Å². The van der Waals surface area contributed by atoms with Crippen LogP contribution in [0, 0.1) is 40.9 Å². The predicted molar refractivity (Wildman–Crippen MR) is 104 cm³/mol. The Hall–Kier alpha value is 0.180. The van der Waals surface area contributed by atoms with Crippen LogP contribution in [-0.2, 0) is 0 Å². The Morgan fingerprint density at radius 3 is 2.50 bits per heavy atom. The van der Waals surface area contributed by atoms with Gasteiger partial charge in [-0.15, -0.1) is 0 Å². The van der Waals surface area contributed by atoms with Gasteiger partial charge in [0.1, 0.15) is 0 Å². The molecule has 136 valence electrons. The molecule has 0 radical (unpaired) electrons. The van der Waals surface area contributed by atoms with Gasteiger partial charge in [-0.05, 0) is 106 Å². The van der Waals surface area contributed by atoms with E-state index in [2.05, 4.69) is 36.4 Å². The van der Waals surface area contributed by atoms with Crippen LogP contribution in [-0.4, -0.2) is 16.0 Å². The predicted octanol–water partition coefficient (Wildman–Crippen LogP) is 5.96. The normalized spacial score (nSPS) is 53.8. The van der Waals surface area contributed by atoms with Crippen LogP contribution in [0.3, 0.4) is 0 Å².